The Labute approximate surface area is 197 Å². The number of amides is 2. The highest BCUT2D eigenvalue weighted by atomic mass is 16.2. The third-order valence-electron chi connectivity index (χ3n) is 6.07. The van der Waals surface area contributed by atoms with Crippen LogP contribution in [0.4, 0.5) is 0 Å². The summed E-state index contributed by atoms with van der Waals surface area (Å²) in [6.45, 7) is 6.44. The van der Waals surface area contributed by atoms with Crippen molar-refractivity contribution in [3.05, 3.63) is 107 Å². The molecule has 0 fully saturated rings. The Morgan fingerprint density at radius 3 is 2.03 bits per heavy atom. The second kappa shape index (κ2) is 12.0. The zero-order valence-corrected chi connectivity index (χ0v) is 19.8. The van der Waals surface area contributed by atoms with Crippen molar-refractivity contribution < 1.29 is 9.59 Å². The first-order chi connectivity index (χ1) is 16.0. The van der Waals surface area contributed by atoms with Crippen molar-refractivity contribution in [3.63, 3.8) is 0 Å². The van der Waals surface area contributed by atoms with Crippen molar-refractivity contribution in [2.24, 2.45) is 0 Å². The predicted octanol–water partition coefficient (Wildman–Crippen LogP) is 5.09. The molecule has 33 heavy (non-hydrogen) atoms. The number of aryl methyl sites for hydroxylation is 1. The molecule has 0 aliphatic carbocycles. The van der Waals surface area contributed by atoms with Gasteiger partial charge in [-0.2, -0.15) is 0 Å². The van der Waals surface area contributed by atoms with Gasteiger partial charge in [0.25, 0.3) is 0 Å². The number of nitrogens with zero attached hydrogens (tertiary/aromatic N) is 1. The molecule has 1 N–H and O–H groups in total. The van der Waals surface area contributed by atoms with Gasteiger partial charge in [0.05, 0.1) is 6.42 Å². The molecule has 0 bridgehead atoms. The van der Waals surface area contributed by atoms with E-state index >= 15 is 0 Å². The van der Waals surface area contributed by atoms with Crippen LogP contribution in [0.2, 0.25) is 0 Å². The minimum atomic E-state index is -0.599. The summed E-state index contributed by atoms with van der Waals surface area (Å²) in [5, 5.41) is 3.11. The highest BCUT2D eigenvalue weighted by Crippen LogP contribution is 2.18. The number of nitrogens with one attached hydrogen (secondary N) is 1. The number of carbonyl (C=O) groups is 2. The Kier molecular flexibility index (Phi) is 8.82. The quantitative estimate of drug-likeness (QED) is 0.475. The molecule has 3 aromatic carbocycles. The summed E-state index contributed by atoms with van der Waals surface area (Å²) in [7, 11) is 0. The van der Waals surface area contributed by atoms with Gasteiger partial charge in [0.1, 0.15) is 6.04 Å². The molecule has 0 aliphatic rings. The normalized spacial score (nSPS) is 12.6. The summed E-state index contributed by atoms with van der Waals surface area (Å²) in [6.07, 6.45) is 1.57. The monoisotopic (exact) mass is 442 g/mol. The standard InChI is InChI=1S/C29H34N2O2/c1-4-23(3)30-29(33)27(19-24-14-7-5-8-15-24)31(21-25-16-9-6-10-17-25)28(32)20-26-18-12-11-13-22(26)2/h5-18,23,27H,4,19-21H2,1-3H3,(H,30,33)/t23-,27+/m1/s1. The van der Waals surface area contributed by atoms with Crippen molar-refractivity contribution in [3.8, 4) is 0 Å². The molecule has 0 radical (unpaired) electrons. The Morgan fingerprint density at radius 1 is 0.848 bits per heavy atom. The topological polar surface area (TPSA) is 49.4 Å². The fraction of sp³-hybridized carbons (Fsp3) is 0.310. The lowest BCUT2D eigenvalue weighted by Gasteiger charge is -2.32. The van der Waals surface area contributed by atoms with E-state index in [-0.39, 0.29) is 24.3 Å². The first-order valence-corrected chi connectivity index (χ1v) is 11.7. The molecule has 172 valence electrons. The molecule has 0 aromatic heterocycles. The van der Waals surface area contributed by atoms with E-state index in [0.717, 1.165) is 28.7 Å². The smallest absolute Gasteiger partial charge is 0.243 e. The molecule has 0 saturated heterocycles. The molecule has 3 aromatic rings. The maximum atomic E-state index is 13.7. The molecule has 0 unspecified atom stereocenters. The maximum Gasteiger partial charge on any atom is 0.243 e. The highest BCUT2D eigenvalue weighted by molar-refractivity contribution is 5.89. The van der Waals surface area contributed by atoms with E-state index in [9.17, 15) is 9.59 Å². The van der Waals surface area contributed by atoms with Gasteiger partial charge in [-0.15, -0.1) is 0 Å². The van der Waals surface area contributed by atoms with Crippen molar-refractivity contribution in [1.29, 1.82) is 0 Å². The van der Waals surface area contributed by atoms with Crippen molar-refractivity contribution in [1.82, 2.24) is 10.2 Å². The molecule has 2 atom stereocenters. The van der Waals surface area contributed by atoms with Crippen LogP contribution in [0.1, 0.15) is 42.5 Å². The highest BCUT2D eigenvalue weighted by Gasteiger charge is 2.31. The van der Waals surface area contributed by atoms with Crippen LogP contribution in [-0.2, 0) is 29.0 Å². The van der Waals surface area contributed by atoms with Gasteiger partial charge < -0.3 is 10.2 Å². The van der Waals surface area contributed by atoms with Crippen LogP contribution in [0.3, 0.4) is 0 Å². The van der Waals surface area contributed by atoms with Crippen LogP contribution < -0.4 is 5.32 Å². The molecule has 0 aliphatic heterocycles. The molecular formula is C29H34N2O2. The fourth-order valence-corrected chi connectivity index (χ4v) is 3.85. The van der Waals surface area contributed by atoms with Crippen LogP contribution in [0.15, 0.2) is 84.9 Å². The van der Waals surface area contributed by atoms with Crippen LogP contribution in [0.5, 0.6) is 0 Å². The van der Waals surface area contributed by atoms with Gasteiger partial charge in [0, 0.05) is 19.0 Å². The minimum absolute atomic E-state index is 0.0424. The largest absolute Gasteiger partial charge is 0.352 e. The summed E-state index contributed by atoms with van der Waals surface area (Å²) in [5.41, 5.74) is 4.10. The lowest BCUT2D eigenvalue weighted by molar-refractivity contribution is -0.141. The second-order valence-electron chi connectivity index (χ2n) is 8.63. The zero-order valence-electron chi connectivity index (χ0n) is 19.8. The van der Waals surface area contributed by atoms with E-state index in [1.807, 2.05) is 106 Å². The molecule has 4 nitrogen and oxygen atoms in total. The third kappa shape index (κ3) is 7.04. The average molecular weight is 443 g/mol. The Morgan fingerprint density at radius 2 is 1.42 bits per heavy atom. The van der Waals surface area contributed by atoms with Gasteiger partial charge in [-0.1, -0.05) is 91.9 Å². The molecule has 2 amide bonds. The SMILES string of the molecule is CC[C@@H](C)NC(=O)[C@H](Cc1ccccc1)N(Cc1ccccc1)C(=O)Cc1ccccc1C. The van der Waals surface area contributed by atoms with Gasteiger partial charge >= 0.3 is 0 Å². The predicted molar refractivity (Wildman–Crippen MR) is 134 cm³/mol. The Balaban J connectivity index is 1.96. The van der Waals surface area contributed by atoms with Crippen LogP contribution >= 0.6 is 0 Å². The van der Waals surface area contributed by atoms with Gasteiger partial charge in [-0.05, 0) is 42.5 Å². The second-order valence-corrected chi connectivity index (χ2v) is 8.63. The molecule has 0 saturated carbocycles. The lowest BCUT2D eigenvalue weighted by Crippen LogP contribution is -2.52. The van der Waals surface area contributed by atoms with E-state index < -0.39 is 6.04 Å². The average Bonchev–Trinajstić information content (AvgIpc) is 2.83. The Hall–Kier alpha value is -3.40. The van der Waals surface area contributed by atoms with E-state index in [2.05, 4.69) is 5.32 Å². The number of carbonyl (C=O) groups excluding carboxylic acids is 2. The van der Waals surface area contributed by atoms with Crippen LogP contribution in [0.25, 0.3) is 0 Å². The molecule has 0 spiro atoms. The number of hydrogen-bond acceptors (Lipinski definition) is 2. The van der Waals surface area contributed by atoms with Gasteiger partial charge in [-0.3, -0.25) is 9.59 Å². The molecular weight excluding hydrogens is 408 g/mol. The summed E-state index contributed by atoms with van der Waals surface area (Å²) in [6, 6.07) is 27.2. The number of hydrogen-bond donors (Lipinski definition) is 1. The molecule has 3 rings (SSSR count). The van der Waals surface area contributed by atoms with Gasteiger partial charge in [-0.25, -0.2) is 0 Å². The summed E-state index contributed by atoms with van der Waals surface area (Å²) >= 11 is 0. The van der Waals surface area contributed by atoms with E-state index in [1.54, 1.807) is 4.90 Å². The van der Waals surface area contributed by atoms with Gasteiger partial charge in [0.2, 0.25) is 11.8 Å². The molecule has 4 heteroatoms. The minimum Gasteiger partial charge on any atom is -0.352 e. The van der Waals surface area contributed by atoms with E-state index in [4.69, 9.17) is 0 Å². The summed E-state index contributed by atoms with van der Waals surface area (Å²) < 4.78 is 0. The summed E-state index contributed by atoms with van der Waals surface area (Å²) in [4.78, 5) is 28.9. The fourth-order valence-electron chi connectivity index (χ4n) is 3.85. The number of benzene rings is 3. The third-order valence-corrected chi connectivity index (χ3v) is 6.07. The molecule has 0 heterocycles. The van der Waals surface area contributed by atoms with Crippen molar-refractivity contribution in [2.75, 3.05) is 0 Å². The number of rotatable bonds is 10. The van der Waals surface area contributed by atoms with Gasteiger partial charge in [0.15, 0.2) is 0 Å². The first-order valence-electron chi connectivity index (χ1n) is 11.7. The summed E-state index contributed by atoms with van der Waals surface area (Å²) in [5.74, 6) is -0.157. The van der Waals surface area contributed by atoms with Crippen LogP contribution in [0, 0.1) is 6.92 Å². The van der Waals surface area contributed by atoms with E-state index in [0.29, 0.717) is 13.0 Å². The maximum absolute atomic E-state index is 13.7. The zero-order chi connectivity index (χ0) is 23.6. The Bertz CT molecular complexity index is 1030. The first kappa shape index (κ1) is 24.2. The van der Waals surface area contributed by atoms with Crippen molar-refractivity contribution >= 4 is 11.8 Å². The van der Waals surface area contributed by atoms with Crippen molar-refractivity contribution in [2.45, 2.75) is 58.7 Å². The van der Waals surface area contributed by atoms with Crippen LogP contribution in [-0.4, -0.2) is 28.8 Å². The lowest BCUT2D eigenvalue weighted by atomic mass is 10.00. The van der Waals surface area contributed by atoms with E-state index in [1.165, 1.54) is 0 Å².